The molecule has 0 aliphatic carbocycles. The van der Waals surface area contributed by atoms with E-state index in [9.17, 15) is 4.79 Å². The summed E-state index contributed by atoms with van der Waals surface area (Å²) in [5.74, 6) is 0.706. The summed E-state index contributed by atoms with van der Waals surface area (Å²) in [5, 5.41) is 8.89. The van der Waals surface area contributed by atoms with Gasteiger partial charge in [0.15, 0.2) is 5.78 Å². The summed E-state index contributed by atoms with van der Waals surface area (Å²) in [6, 6.07) is 22.3. The lowest BCUT2D eigenvalue weighted by molar-refractivity contribution is 0.104. The molecule has 0 saturated heterocycles. The van der Waals surface area contributed by atoms with Gasteiger partial charge in [-0.15, -0.1) is 5.10 Å². The molecule has 1 aromatic heterocycles. The largest absolute Gasteiger partial charge is 0.497 e. The highest BCUT2D eigenvalue weighted by molar-refractivity contribution is 6.30. The van der Waals surface area contributed by atoms with E-state index >= 15 is 0 Å². The van der Waals surface area contributed by atoms with Crippen molar-refractivity contribution in [1.82, 2.24) is 15.0 Å². The van der Waals surface area contributed by atoms with Gasteiger partial charge in [0, 0.05) is 16.1 Å². The van der Waals surface area contributed by atoms with Gasteiger partial charge in [-0.1, -0.05) is 35.0 Å². The zero-order chi connectivity index (χ0) is 20.9. The van der Waals surface area contributed by atoms with Crippen LogP contribution in [-0.4, -0.2) is 27.9 Å². The van der Waals surface area contributed by atoms with Crippen molar-refractivity contribution in [3.63, 3.8) is 0 Å². The van der Waals surface area contributed by atoms with Crippen molar-refractivity contribution in [2.75, 3.05) is 7.11 Å². The van der Waals surface area contributed by atoms with Crippen LogP contribution in [0.5, 0.6) is 5.75 Å². The second-order valence-corrected chi connectivity index (χ2v) is 6.99. The molecule has 0 amide bonds. The number of methoxy groups -OCH3 is 1. The normalized spacial score (nSPS) is 11.0. The highest BCUT2D eigenvalue weighted by Crippen LogP contribution is 2.24. The third kappa shape index (κ3) is 4.31. The molecule has 4 aromatic rings. The molecule has 0 saturated carbocycles. The van der Waals surface area contributed by atoms with E-state index in [0.717, 1.165) is 28.3 Å². The van der Waals surface area contributed by atoms with E-state index in [1.165, 1.54) is 0 Å². The Hall–Kier alpha value is -3.70. The number of hydrogen-bond donors (Lipinski definition) is 0. The summed E-state index contributed by atoms with van der Waals surface area (Å²) in [7, 11) is 1.63. The van der Waals surface area contributed by atoms with Crippen LogP contribution in [-0.2, 0) is 0 Å². The van der Waals surface area contributed by atoms with E-state index in [1.807, 2.05) is 48.5 Å². The minimum Gasteiger partial charge on any atom is -0.497 e. The van der Waals surface area contributed by atoms with Gasteiger partial charge in [0.25, 0.3) is 0 Å². The monoisotopic (exact) mass is 415 g/mol. The molecule has 0 aliphatic heterocycles. The molecule has 0 atom stereocenters. The summed E-state index contributed by atoms with van der Waals surface area (Å²) < 4.78 is 6.94. The van der Waals surface area contributed by atoms with Crippen molar-refractivity contribution >= 4 is 23.5 Å². The quantitative estimate of drug-likeness (QED) is 0.308. The smallest absolute Gasteiger partial charge is 0.185 e. The predicted molar refractivity (Wildman–Crippen MR) is 118 cm³/mol. The van der Waals surface area contributed by atoms with E-state index in [1.54, 1.807) is 54.4 Å². The molecule has 0 N–H and O–H groups in total. The number of allylic oxidation sites excluding steroid dienone is 1. The average Bonchev–Trinajstić information content (AvgIpc) is 3.28. The molecule has 0 fully saturated rings. The minimum absolute atomic E-state index is 0.0783. The van der Waals surface area contributed by atoms with Crippen molar-refractivity contribution in [3.8, 4) is 22.7 Å². The van der Waals surface area contributed by atoms with Crippen LogP contribution in [0, 0.1) is 0 Å². The molecule has 5 nitrogen and oxygen atoms in total. The number of ether oxygens (including phenoxy) is 1. The Kier molecular flexibility index (Phi) is 5.72. The van der Waals surface area contributed by atoms with E-state index in [-0.39, 0.29) is 5.78 Å². The standard InChI is InChI=1S/C24H18ClN3O2/c1-30-22-13-7-18(8-14-22)23-16-26-27-28(23)21-11-5-19(6-12-21)24(29)15-4-17-2-9-20(25)10-3-17/h2-16H,1H3. The fourth-order valence-corrected chi connectivity index (χ4v) is 3.12. The van der Waals surface area contributed by atoms with E-state index < -0.39 is 0 Å². The fraction of sp³-hybridized carbons (Fsp3) is 0.0417. The molecule has 0 unspecified atom stereocenters. The first kappa shape index (κ1) is 19.6. The van der Waals surface area contributed by atoms with E-state index in [4.69, 9.17) is 16.3 Å². The number of halogens is 1. The number of rotatable bonds is 6. The van der Waals surface area contributed by atoms with Crippen molar-refractivity contribution in [1.29, 1.82) is 0 Å². The maximum Gasteiger partial charge on any atom is 0.185 e. The van der Waals surface area contributed by atoms with Gasteiger partial charge in [-0.05, 0) is 72.3 Å². The summed E-state index contributed by atoms with van der Waals surface area (Å²) >= 11 is 5.88. The molecule has 148 valence electrons. The number of aromatic nitrogens is 3. The molecule has 0 aliphatic rings. The van der Waals surface area contributed by atoms with Crippen LogP contribution in [0.3, 0.4) is 0 Å². The molecular formula is C24H18ClN3O2. The Bertz CT molecular complexity index is 1180. The van der Waals surface area contributed by atoms with E-state index in [2.05, 4.69) is 10.3 Å². The molecular weight excluding hydrogens is 398 g/mol. The van der Waals surface area contributed by atoms with Crippen LogP contribution < -0.4 is 4.74 Å². The second kappa shape index (κ2) is 8.76. The number of ketones is 1. The van der Waals surface area contributed by atoms with Gasteiger partial charge >= 0.3 is 0 Å². The van der Waals surface area contributed by atoms with Gasteiger partial charge in [0.2, 0.25) is 0 Å². The topological polar surface area (TPSA) is 57.0 Å². The third-order valence-corrected chi connectivity index (χ3v) is 4.88. The van der Waals surface area contributed by atoms with Crippen molar-refractivity contribution in [2.24, 2.45) is 0 Å². The molecule has 30 heavy (non-hydrogen) atoms. The first-order valence-corrected chi connectivity index (χ1v) is 9.65. The molecule has 4 rings (SSSR count). The van der Waals surface area contributed by atoms with Gasteiger partial charge in [-0.2, -0.15) is 0 Å². The molecule has 0 bridgehead atoms. The Balaban J connectivity index is 1.53. The number of benzene rings is 3. The van der Waals surface area contributed by atoms with Crippen LogP contribution in [0.15, 0.2) is 85.1 Å². The van der Waals surface area contributed by atoms with Gasteiger partial charge in [0.05, 0.1) is 24.7 Å². The number of carbonyl (C=O) groups excluding carboxylic acids is 1. The Morgan fingerprint density at radius 1 is 0.967 bits per heavy atom. The summed E-state index contributed by atoms with van der Waals surface area (Å²) in [6.45, 7) is 0. The zero-order valence-electron chi connectivity index (χ0n) is 16.2. The van der Waals surface area contributed by atoms with Gasteiger partial charge < -0.3 is 4.74 Å². The van der Waals surface area contributed by atoms with Gasteiger partial charge in [-0.25, -0.2) is 4.68 Å². The van der Waals surface area contributed by atoms with Crippen LogP contribution >= 0.6 is 11.6 Å². The lowest BCUT2D eigenvalue weighted by Gasteiger charge is -2.08. The van der Waals surface area contributed by atoms with Crippen LogP contribution in [0.1, 0.15) is 15.9 Å². The third-order valence-electron chi connectivity index (χ3n) is 4.63. The summed E-state index contributed by atoms with van der Waals surface area (Å²) in [5.41, 5.74) is 4.13. The van der Waals surface area contributed by atoms with Gasteiger partial charge in [0.1, 0.15) is 5.75 Å². The minimum atomic E-state index is -0.0783. The van der Waals surface area contributed by atoms with Crippen LogP contribution in [0.4, 0.5) is 0 Å². The maximum absolute atomic E-state index is 12.5. The highest BCUT2D eigenvalue weighted by Gasteiger charge is 2.10. The molecule has 0 spiro atoms. The molecule has 1 heterocycles. The lowest BCUT2D eigenvalue weighted by Crippen LogP contribution is -2.01. The van der Waals surface area contributed by atoms with Crippen LogP contribution in [0.2, 0.25) is 5.02 Å². The molecule has 6 heteroatoms. The zero-order valence-corrected chi connectivity index (χ0v) is 17.0. The number of nitrogens with zero attached hydrogens (tertiary/aromatic N) is 3. The lowest BCUT2D eigenvalue weighted by atomic mass is 10.1. The van der Waals surface area contributed by atoms with Crippen LogP contribution in [0.25, 0.3) is 23.0 Å². The Morgan fingerprint density at radius 3 is 2.33 bits per heavy atom. The number of hydrogen-bond acceptors (Lipinski definition) is 4. The molecule has 0 radical (unpaired) electrons. The number of carbonyl (C=O) groups is 1. The summed E-state index contributed by atoms with van der Waals surface area (Å²) in [4.78, 5) is 12.5. The SMILES string of the molecule is COc1ccc(-c2cnnn2-c2ccc(C(=O)C=Cc3ccc(Cl)cc3)cc2)cc1. The highest BCUT2D eigenvalue weighted by atomic mass is 35.5. The Morgan fingerprint density at radius 2 is 1.67 bits per heavy atom. The molecule has 3 aromatic carbocycles. The second-order valence-electron chi connectivity index (χ2n) is 6.56. The Labute approximate surface area is 179 Å². The van der Waals surface area contributed by atoms with Crippen molar-refractivity contribution < 1.29 is 9.53 Å². The van der Waals surface area contributed by atoms with Gasteiger partial charge in [-0.3, -0.25) is 4.79 Å². The first-order valence-electron chi connectivity index (χ1n) is 9.27. The van der Waals surface area contributed by atoms with Crippen molar-refractivity contribution in [2.45, 2.75) is 0 Å². The predicted octanol–water partition coefficient (Wildman–Crippen LogP) is 5.49. The maximum atomic E-state index is 12.5. The fourth-order valence-electron chi connectivity index (χ4n) is 2.99. The summed E-state index contributed by atoms with van der Waals surface area (Å²) in [6.07, 6.45) is 5.03. The van der Waals surface area contributed by atoms with E-state index in [0.29, 0.717) is 10.6 Å². The van der Waals surface area contributed by atoms with Crippen molar-refractivity contribution in [3.05, 3.63) is 101 Å². The average molecular weight is 416 g/mol. The first-order chi connectivity index (χ1) is 14.6.